The maximum atomic E-state index is 11.0. The lowest BCUT2D eigenvalue weighted by atomic mass is 9.89. The van der Waals surface area contributed by atoms with E-state index in [4.69, 9.17) is 4.74 Å². The molecule has 0 saturated carbocycles. The van der Waals surface area contributed by atoms with Crippen LogP contribution in [0.15, 0.2) is 18.2 Å². The van der Waals surface area contributed by atoms with Gasteiger partial charge in [-0.15, -0.1) is 0 Å². The lowest BCUT2D eigenvalue weighted by Crippen LogP contribution is -2.31. The number of hydrogen-bond donors (Lipinski definition) is 1. The van der Waals surface area contributed by atoms with Crippen molar-refractivity contribution in [1.29, 1.82) is 0 Å². The van der Waals surface area contributed by atoms with Crippen molar-refractivity contribution >= 4 is 6.09 Å². The fraction of sp³-hybridized carbons (Fsp3) is 0.462. The summed E-state index contributed by atoms with van der Waals surface area (Å²) < 4.78 is 5.08. The van der Waals surface area contributed by atoms with Crippen LogP contribution < -0.4 is 10.1 Å². The van der Waals surface area contributed by atoms with Gasteiger partial charge in [-0.1, -0.05) is 32.9 Å². The molecule has 16 heavy (non-hydrogen) atoms. The average Bonchev–Trinajstić information content (AvgIpc) is 2.27. The van der Waals surface area contributed by atoms with E-state index in [1.165, 1.54) is 5.56 Å². The summed E-state index contributed by atoms with van der Waals surface area (Å²) in [6.45, 7) is 7.20. The molecule has 0 radical (unpaired) electrons. The van der Waals surface area contributed by atoms with Crippen molar-refractivity contribution in [3.8, 4) is 5.75 Å². The quantitative estimate of drug-likeness (QED) is 0.830. The zero-order valence-electron chi connectivity index (χ0n) is 9.91. The smallest absolute Gasteiger partial charge is 0.410 e. The molecule has 2 rings (SSSR count). The molecule has 0 aliphatic carbocycles. The summed E-state index contributed by atoms with van der Waals surface area (Å²) in [7, 11) is 0. The molecule has 0 aromatic heterocycles. The van der Waals surface area contributed by atoms with Gasteiger partial charge in [0, 0.05) is 12.1 Å². The number of ether oxygens (including phenoxy) is 1. The molecule has 1 aromatic carbocycles. The molecule has 0 spiro atoms. The van der Waals surface area contributed by atoms with Gasteiger partial charge in [-0.25, -0.2) is 4.79 Å². The standard InChI is InChI=1S/C13H17NO2/c1-8(2)9(3)10-4-5-12-11(6-10)7-14-13(15)16-12/h4-6,8-9H,7H2,1-3H3,(H,14,15). The van der Waals surface area contributed by atoms with Gasteiger partial charge in [0.2, 0.25) is 0 Å². The summed E-state index contributed by atoms with van der Waals surface area (Å²) in [6, 6.07) is 6.06. The van der Waals surface area contributed by atoms with Crippen molar-refractivity contribution in [2.24, 2.45) is 5.92 Å². The predicted octanol–water partition coefficient (Wildman–Crippen LogP) is 3.05. The number of benzene rings is 1. The van der Waals surface area contributed by atoms with Crippen molar-refractivity contribution in [3.63, 3.8) is 0 Å². The Balaban J connectivity index is 2.29. The van der Waals surface area contributed by atoms with Gasteiger partial charge >= 0.3 is 6.09 Å². The van der Waals surface area contributed by atoms with E-state index >= 15 is 0 Å². The Morgan fingerprint density at radius 2 is 2.06 bits per heavy atom. The van der Waals surface area contributed by atoms with E-state index in [1.807, 2.05) is 12.1 Å². The zero-order chi connectivity index (χ0) is 11.7. The van der Waals surface area contributed by atoms with Gasteiger partial charge in [-0.3, -0.25) is 0 Å². The molecule has 1 heterocycles. The fourth-order valence-corrected chi connectivity index (χ4v) is 1.81. The molecule has 3 heteroatoms. The average molecular weight is 219 g/mol. The number of fused-ring (bicyclic) bond motifs is 1. The summed E-state index contributed by atoms with van der Waals surface area (Å²) in [4.78, 5) is 11.0. The van der Waals surface area contributed by atoms with Gasteiger partial charge in [0.15, 0.2) is 0 Å². The number of carbonyl (C=O) groups is 1. The van der Waals surface area contributed by atoms with E-state index in [-0.39, 0.29) is 6.09 Å². The highest BCUT2D eigenvalue weighted by Crippen LogP contribution is 2.29. The Labute approximate surface area is 95.8 Å². The van der Waals surface area contributed by atoms with Crippen LogP contribution in [0.4, 0.5) is 4.79 Å². The second-order valence-electron chi connectivity index (χ2n) is 4.64. The molecule has 1 atom stereocenters. The summed E-state index contributed by atoms with van der Waals surface area (Å²) in [5.74, 6) is 1.81. The van der Waals surface area contributed by atoms with Crippen LogP contribution in [0.1, 0.15) is 37.8 Å². The van der Waals surface area contributed by atoms with Crippen LogP contribution in [-0.2, 0) is 6.54 Å². The van der Waals surface area contributed by atoms with Crippen molar-refractivity contribution < 1.29 is 9.53 Å². The van der Waals surface area contributed by atoms with Crippen LogP contribution in [0, 0.1) is 5.92 Å². The van der Waals surface area contributed by atoms with Gasteiger partial charge in [0.05, 0.1) is 0 Å². The van der Waals surface area contributed by atoms with E-state index in [1.54, 1.807) is 0 Å². The minimum Gasteiger partial charge on any atom is -0.410 e. The normalized spacial score (nSPS) is 16.4. The molecule has 86 valence electrons. The molecular weight excluding hydrogens is 202 g/mol. The first-order valence-corrected chi connectivity index (χ1v) is 5.66. The van der Waals surface area contributed by atoms with E-state index in [0.29, 0.717) is 24.1 Å². The molecule has 0 fully saturated rings. The van der Waals surface area contributed by atoms with Gasteiger partial charge in [-0.05, 0) is 23.5 Å². The van der Waals surface area contributed by atoms with E-state index in [2.05, 4.69) is 32.2 Å². The Morgan fingerprint density at radius 3 is 2.75 bits per heavy atom. The first-order valence-electron chi connectivity index (χ1n) is 5.66. The van der Waals surface area contributed by atoms with Crippen molar-refractivity contribution in [2.75, 3.05) is 0 Å². The molecule has 1 aromatic rings. The van der Waals surface area contributed by atoms with Crippen LogP contribution in [0.3, 0.4) is 0 Å². The van der Waals surface area contributed by atoms with Crippen molar-refractivity contribution in [2.45, 2.75) is 33.2 Å². The van der Waals surface area contributed by atoms with Gasteiger partial charge in [-0.2, -0.15) is 0 Å². The monoisotopic (exact) mass is 219 g/mol. The third kappa shape index (κ3) is 2.03. The van der Waals surface area contributed by atoms with Crippen molar-refractivity contribution in [1.82, 2.24) is 5.32 Å². The molecule has 1 unspecified atom stereocenters. The Morgan fingerprint density at radius 1 is 1.31 bits per heavy atom. The molecule has 0 bridgehead atoms. The topological polar surface area (TPSA) is 38.3 Å². The van der Waals surface area contributed by atoms with Crippen LogP contribution in [0.25, 0.3) is 0 Å². The zero-order valence-corrected chi connectivity index (χ0v) is 9.91. The molecule has 3 nitrogen and oxygen atoms in total. The summed E-state index contributed by atoms with van der Waals surface area (Å²) in [5, 5.41) is 2.67. The van der Waals surface area contributed by atoms with Crippen LogP contribution >= 0.6 is 0 Å². The Bertz CT molecular complexity index is 412. The Hall–Kier alpha value is -1.51. The number of hydrogen-bond acceptors (Lipinski definition) is 2. The minimum atomic E-state index is -0.364. The van der Waals surface area contributed by atoms with Crippen LogP contribution in [0.5, 0.6) is 5.75 Å². The molecule has 1 aliphatic heterocycles. The molecule has 0 saturated heterocycles. The number of carbonyl (C=O) groups excluding carboxylic acids is 1. The highest BCUT2D eigenvalue weighted by Gasteiger charge is 2.18. The largest absolute Gasteiger partial charge is 0.412 e. The van der Waals surface area contributed by atoms with Crippen molar-refractivity contribution in [3.05, 3.63) is 29.3 Å². The lowest BCUT2D eigenvalue weighted by molar-refractivity contribution is 0.194. The van der Waals surface area contributed by atoms with E-state index < -0.39 is 0 Å². The van der Waals surface area contributed by atoms with Gasteiger partial charge in [0.1, 0.15) is 5.75 Å². The van der Waals surface area contributed by atoms with Crippen LogP contribution in [-0.4, -0.2) is 6.09 Å². The highest BCUT2D eigenvalue weighted by molar-refractivity contribution is 5.73. The summed E-state index contributed by atoms with van der Waals surface area (Å²) in [5.41, 5.74) is 2.36. The summed E-state index contributed by atoms with van der Waals surface area (Å²) in [6.07, 6.45) is -0.364. The lowest BCUT2D eigenvalue weighted by Gasteiger charge is -2.21. The highest BCUT2D eigenvalue weighted by atomic mass is 16.6. The molecule has 1 aliphatic rings. The number of rotatable bonds is 2. The molecular formula is C13H17NO2. The first kappa shape index (κ1) is 11.0. The Kier molecular flexibility index (Phi) is 2.86. The fourth-order valence-electron chi connectivity index (χ4n) is 1.81. The second-order valence-corrected chi connectivity index (χ2v) is 4.64. The first-order chi connectivity index (χ1) is 7.58. The second kappa shape index (κ2) is 4.16. The third-order valence-electron chi connectivity index (χ3n) is 3.24. The molecule has 1 N–H and O–H groups in total. The van der Waals surface area contributed by atoms with E-state index in [9.17, 15) is 4.79 Å². The summed E-state index contributed by atoms with van der Waals surface area (Å²) >= 11 is 0. The SMILES string of the molecule is CC(C)C(C)c1ccc2c(c1)CNC(=O)O2. The van der Waals surface area contributed by atoms with Gasteiger partial charge < -0.3 is 10.1 Å². The number of amides is 1. The van der Waals surface area contributed by atoms with E-state index in [0.717, 1.165) is 5.56 Å². The van der Waals surface area contributed by atoms with Crippen LogP contribution in [0.2, 0.25) is 0 Å². The van der Waals surface area contributed by atoms with Gasteiger partial charge in [0.25, 0.3) is 0 Å². The number of nitrogens with one attached hydrogen (secondary N) is 1. The molecule has 1 amide bonds. The predicted molar refractivity (Wildman–Crippen MR) is 62.6 cm³/mol. The minimum absolute atomic E-state index is 0.364. The third-order valence-corrected chi connectivity index (χ3v) is 3.24. The maximum Gasteiger partial charge on any atom is 0.412 e. The maximum absolute atomic E-state index is 11.0.